The van der Waals surface area contributed by atoms with Gasteiger partial charge in [0.1, 0.15) is 5.75 Å². The number of para-hydroxylation sites is 1. The van der Waals surface area contributed by atoms with Gasteiger partial charge in [0.2, 0.25) is 11.8 Å². The van der Waals surface area contributed by atoms with E-state index < -0.39 is 33.1 Å². The number of nitrogens with zero attached hydrogens (tertiary/aromatic N) is 1. The van der Waals surface area contributed by atoms with E-state index in [1.165, 1.54) is 18.2 Å². The zero-order chi connectivity index (χ0) is 17.3. The first kappa shape index (κ1) is 16.5. The molecule has 0 fully saturated rings. The first-order valence-electron chi connectivity index (χ1n) is 5.84. The number of alkyl halides is 2. The molecule has 0 saturated carbocycles. The maximum atomic E-state index is 13.8. The second-order valence-corrected chi connectivity index (χ2v) is 5.66. The van der Waals surface area contributed by atoms with Gasteiger partial charge in [-0.3, -0.25) is 4.28 Å². The molecule has 1 heterocycles. The van der Waals surface area contributed by atoms with Gasteiger partial charge in [-0.2, -0.15) is 17.2 Å². The van der Waals surface area contributed by atoms with Crippen molar-refractivity contribution in [3.63, 3.8) is 0 Å². The van der Waals surface area contributed by atoms with Gasteiger partial charge in [-0.1, -0.05) is 22.9 Å². The van der Waals surface area contributed by atoms with E-state index in [1.54, 1.807) is 0 Å². The summed E-state index contributed by atoms with van der Waals surface area (Å²) in [6, 6.07) is 8.16. The number of rotatable bonds is 5. The van der Waals surface area contributed by atoms with Crippen LogP contribution in [-0.2, 0) is 14.9 Å². The third-order valence-electron chi connectivity index (χ3n) is 2.48. The number of aromatic hydroxyl groups is 2. The molecule has 1 aromatic carbocycles. The van der Waals surface area contributed by atoms with Crippen molar-refractivity contribution in [3.8, 4) is 17.5 Å². The van der Waals surface area contributed by atoms with Crippen molar-refractivity contribution >= 4 is 16.1 Å². The largest absolute Gasteiger partial charge is 0.492 e. The molecular formula is C12H9F2NO7S. The Labute approximate surface area is 128 Å². The molecule has 1 aromatic heterocycles. The zero-order valence-electron chi connectivity index (χ0n) is 11.1. The molecule has 2 N–H and O–H groups in total. The van der Waals surface area contributed by atoms with Gasteiger partial charge in [0, 0.05) is 12.1 Å². The van der Waals surface area contributed by atoms with E-state index in [-0.39, 0.29) is 10.5 Å². The van der Waals surface area contributed by atoms with Crippen molar-refractivity contribution in [1.82, 2.24) is 4.73 Å². The van der Waals surface area contributed by atoms with Crippen LogP contribution in [0.15, 0.2) is 42.5 Å². The normalized spacial score (nSPS) is 11.9. The maximum Gasteiger partial charge on any atom is 0.479 e. The number of carbonyl (C=O) groups is 1. The molecule has 8 nitrogen and oxygen atoms in total. The van der Waals surface area contributed by atoms with E-state index in [0.717, 1.165) is 24.3 Å². The molecule has 0 aliphatic rings. The third-order valence-corrected chi connectivity index (χ3v) is 3.62. The van der Waals surface area contributed by atoms with Crippen molar-refractivity contribution in [2.75, 3.05) is 0 Å². The lowest BCUT2D eigenvalue weighted by atomic mass is 10.3. The van der Waals surface area contributed by atoms with E-state index in [9.17, 15) is 32.2 Å². The molecule has 0 spiro atoms. The zero-order valence-corrected chi connectivity index (χ0v) is 11.9. The lowest BCUT2D eigenvalue weighted by Crippen LogP contribution is -2.45. The average Bonchev–Trinajstić information content (AvgIpc) is 2.79. The second-order valence-electron chi connectivity index (χ2n) is 4.09. The van der Waals surface area contributed by atoms with Crippen LogP contribution in [0.2, 0.25) is 0 Å². The van der Waals surface area contributed by atoms with Crippen LogP contribution in [0.1, 0.15) is 0 Å². The van der Waals surface area contributed by atoms with Crippen LogP contribution in [-0.4, -0.2) is 34.6 Å². The first-order chi connectivity index (χ1) is 10.6. The smallest absolute Gasteiger partial charge is 0.479 e. The quantitative estimate of drug-likeness (QED) is 0.607. The van der Waals surface area contributed by atoms with Crippen LogP contribution in [0, 0.1) is 0 Å². The molecule has 0 aliphatic carbocycles. The molecule has 0 radical (unpaired) electrons. The van der Waals surface area contributed by atoms with Crippen LogP contribution in [0.4, 0.5) is 8.78 Å². The molecule has 11 heteroatoms. The molecule has 124 valence electrons. The van der Waals surface area contributed by atoms with Crippen LogP contribution >= 0.6 is 0 Å². The van der Waals surface area contributed by atoms with Crippen LogP contribution in [0.3, 0.4) is 0 Å². The molecule has 0 atom stereocenters. The maximum absolute atomic E-state index is 13.8. The van der Waals surface area contributed by atoms with Crippen molar-refractivity contribution in [2.24, 2.45) is 0 Å². The van der Waals surface area contributed by atoms with Gasteiger partial charge in [-0.05, 0) is 12.1 Å². The Balaban J connectivity index is 2.24. The minimum atomic E-state index is -5.91. The summed E-state index contributed by atoms with van der Waals surface area (Å²) in [6.45, 7) is 0. The molecule has 2 aromatic rings. The molecule has 0 unspecified atom stereocenters. The first-order valence-corrected chi connectivity index (χ1v) is 7.25. The highest BCUT2D eigenvalue weighted by Gasteiger charge is 2.58. The highest BCUT2D eigenvalue weighted by atomic mass is 32.2. The molecule has 23 heavy (non-hydrogen) atoms. The van der Waals surface area contributed by atoms with E-state index in [4.69, 9.17) is 0 Å². The Kier molecular flexibility index (Phi) is 4.14. The molecular weight excluding hydrogens is 340 g/mol. The fraction of sp³-hybridized carbons (Fsp3) is 0.0833. The minimum Gasteiger partial charge on any atom is -0.492 e. The van der Waals surface area contributed by atoms with Crippen LogP contribution < -0.4 is 9.02 Å². The highest BCUT2D eigenvalue weighted by molar-refractivity contribution is 7.88. The van der Waals surface area contributed by atoms with Crippen molar-refractivity contribution in [2.45, 2.75) is 5.25 Å². The van der Waals surface area contributed by atoms with E-state index >= 15 is 0 Å². The SMILES string of the molecule is O=C(Oc1ccccc1)C(F)(F)S(=O)(=O)On1c(O)ccc1O. The van der Waals surface area contributed by atoms with Crippen molar-refractivity contribution < 1.29 is 41.2 Å². The Bertz CT molecular complexity index is 798. The van der Waals surface area contributed by atoms with E-state index in [1.807, 2.05) is 0 Å². The summed E-state index contributed by atoms with van der Waals surface area (Å²) in [7, 11) is -5.91. The molecule has 0 bridgehead atoms. The summed E-state index contributed by atoms with van der Waals surface area (Å²) in [5.74, 6) is -4.66. The van der Waals surface area contributed by atoms with Crippen molar-refractivity contribution in [1.29, 1.82) is 0 Å². The topological polar surface area (TPSA) is 115 Å². The average molecular weight is 349 g/mol. The summed E-state index contributed by atoms with van der Waals surface area (Å²) in [6.07, 6.45) is 0. The summed E-state index contributed by atoms with van der Waals surface area (Å²) in [5, 5.41) is 13.3. The predicted octanol–water partition coefficient (Wildman–Crippen LogP) is 0.856. The van der Waals surface area contributed by atoms with Gasteiger partial charge in [0.15, 0.2) is 0 Å². The van der Waals surface area contributed by atoms with Gasteiger partial charge >= 0.3 is 21.3 Å². The Hall–Kier alpha value is -2.82. The van der Waals surface area contributed by atoms with Gasteiger partial charge in [-0.25, -0.2) is 4.79 Å². The lowest BCUT2D eigenvalue weighted by molar-refractivity contribution is -0.151. The number of benzene rings is 1. The number of ether oxygens (including phenoxy) is 1. The van der Waals surface area contributed by atoms with E-state index in [2.05, 4.69) is 9.02 Å². The summed E-state index contributed by atoms with van der Waals surface area (Å²) in [5.41, 5.74) is 0. The summed E-state index contributed by atoms with van der Waals surface area (Å²) in [4.78, 5) is 11.4. The van der Waals surface area contributed by atoms with Gasteiger partial charge in [0.05, 0.1) is 0 Å². The highest BCUT2D eigenvalue weighted by Crippen LogP contribution is 2.28. The van der Waals surface area contributed by atoms with Gasteiger partial charge in [-0.15, -0.1) is 0 Å². The predicted molar refractivity (Wildman–Crippen MR) is 70.3 cm³/mol. The number of esters is 1. The fourth-order valence-electron chi connectivity index (χ4n) is 1.38. The third kappa shape index (κ3) is 3.18. The molecule has 0 saturated heterocycles. The second kappa shape index (κ2) is 5.76. The number of hydrogen-bond acceptors (Lipinski definition) is 7. The van der Waals surface area contributed by atoms with Gasteiger partial charge < -0.3 is 14.9 Å². The lowest BCUT2D eigenvalue weighted by Gasteiger charge is -2.16. The van der Waals surface area contributed by atoms with E-state index in [0.29, 0.717) is 0 Å². The number of hydrogen-bond donors (Lipinski definition) is 2. The minimum absolute atomic E-state index is 0.195. The standard InChI is InChI=1S/C12H9F2NO7S/c13-12(14,11(18)21-8-4-2-1-3-5-8)23(19,20)22-15-9(16)6-7-10(15)17/h1-7,16-17H. The molecule has 0 amide bonds. The van der Waals surface area contributed by atoms with Gasteiger partial charge in [0.25, 0.3) is 0 Å². The van der Waals surface area contributed by atoms with Crippen LogP contribution in [0.25, 0.3) is 0 Å². The van der Waals surface area contributed by atoms with Crippen LogP contribution in [0.5, 0.6) is 17.5 Å². The number of aromatic nitrogens is 1. The number of carbonyl (C=O) groups excluding carboxylic acids is 1. The summed E-state index contributed by atoms with van der Waals surface area (Å²) >= 11 is 0. The molecule has 2 rings (SSSR count). The number of halogens is 2. The molecule has 0 aliphatic heterocycles. The Morgan fingerprint density at radius 2 is 1.57 bits per heavy atom. The monoisotopic (exact) mass is 349 g/mol. The van der Waals surface area contributed by atoms with Crippen molar-refractivity contribution in [3.05, 3.63) is 42.5 Å². The Morgan fingerprint density at radius 1 is 1.04 bits per heavy atom. The fourth-order valence-corrected chi connectivity index (χ4v) is 2.07. The summed E-state index contributed by atoms with van der Waals surface area (Å²) < 4.78 is 58.6. The Morgan fingerprint density at radius 3 is 2.09 bits per heavy atom.